The Balaban J connectivity index is 1.65. The molecule has 2 amide bonds. The number of nitrogens with zero attached hydrogens (tertiary/aromatic N) is 4. The second-order valence-electron chi connectivity index (χ2n) is 7.19. The molecule has 3 heterocycles. The van der Waals surface area contributed by atoms with Gasteiger partial charge in [0.1, 0.15) is 0 Å². The van der Waals surface area contributed by atoms with E-state index in [0.717, 1.165) is 31.6 Å². The zero-order valence-electron chi connectivity index (χ0n) is 14.2. The topological polar surface area (TPSA) is 58.4 Å². The van der Waals surface area contributed by atoms with E-state index in [0.29, 0.717) is 18.9 Å². The molecule has 3 rings (SSSR count). The van der Waals surface area contributed by atoms with Crippen LogP contribution >= 0.6 is 0 Å². The van der Waals surface area contributed by atoms with Gasteiger partial charge in [0.25, 0.3) is 0 Å². The molecule has 1 atom stereocenters. The Bertz CT molecular complexity index is 587. The number of likely N-dealkylation sites (tertiary alicyclic amines) is 1. The van der Waals surface area contributed by atoms with Crippen LogP contribution in [0.3, 0.4) is 0 Å². The molecular weight excluding hydrogens is 292 g/mol. The first-order valence-corrected chi connectivity index (χ1v) is 8.59. The Morgan fingerprint density at radius 2 is 2.00 bits per heavy atom. The summed E-state index contributed by atoms with van der Waals surface area (Å²) in [5, 5.41) is 4.29. The maximum absolute atomic E-state index is 12.7. The lowest BCUT2D eigenvalue weighted by Gasteiger charge is -2.32. The lowest BCUT2D eigenvalue weighted by Crippen LogP contribution is -2.42. The van der Waals surface area contributed by atoms with E-state index in [1.165, 1.54) is 0 Å². The molecule has 0 aromatic carbocycles. The van der Waals surface area contributed by atoms with Gasteiger partial charge in [-0.05, 0) is 32.6 Å². The van der Waals surface area contributed by atoms with Crippen LogP contribution in [-0.2, 0) is 9.59 Å². The highest BCUT2D eigenvalue weighted by Crippen LogP contribution is 2.28. The number of hydrogen-bond acceptors (Lipinski definition) is 3. The number of hydrogen-bond donors (Lipinski definition) is 0. The number of carbonyl (C=O) groups excluding carboxylic acids is 2. The van der Waals surface area contributed by atoms with Crippen molar-refractivity contribution in [2.75, 3.05) is 24.5 Å². The van der Waals surface area contributed by atoms with Gasteiger partial charge < -0.3 is 9.80 Å². The lowest BCUT2D eigenvalue weighted by atomic mass is 9.97. The monoisotopic (exact) mass is 318 g/mol. The van der Waals surface area contributed by atoms with Crippen molar-refractivity contribution in [1.82, 2.24) is 14.7 Å². The molecule has 2 fully saturated rings. The highest BCUT2D eigenvalue weighted by Gasteiger charge is 2.38. The number of rotatable bonds is 3. The molecule has 0 bridgehead atoms. The number of piperidine rings is 1. The standard InChI is InChI=1S/C17H26N4O2/c1-12(2)21-11-15(9-18-21)20-10-14(8-16(20)22)17(23)19-6-4-13(3)5-7-19/h9,11-14H,4-8,10H2,1-3H3/t14-/m0/s1. The van der Waals surface area contributed by atoms with Gasteiger partial charge in [-0.2, -0.15) is 5.10 Å². The van der Waals surface area contributed by atoms with Gasteiger partial charge in [0.05, 0.1) is 17.8 Å². The molecule has 0 radical (unpaired) electrons. The van der Waals surface area contributed by atoms with Gasteiger partial charge in [-0.3, -0.25) is 14.3 Å². The van der Waals surface area contributed by atoms with Crippen LogP contribution in [0.2, 0.25) is 0 Å². The molecule has 1 aromatic heterocycles. The molecule has 2 aliphatic heterocycles. The van der Waals surface area contributed by atoms with Crippen molar-refractivity contribution in [3.63, 3.8) is 0 Å². The van der Waals surface area contributed by atoms with E-state index in [9.17, 15) is 9.59 Å². The fourth-order valence-corrected chi connectivity index (χ4v) is 3.36. The Hall–Kier alpha value is -1.85. The molecule has 6 nitrogen and oxygen atoms in total. The van der Waals surface area contributed by atoms with Crippen molar-refractivity contribution in [2.45, 2.75) is 46.1 Å². The van der Waals surface area contributed by atoms with Crippen molar-refractivity contribution in [3.05, 3.63) is 12.4 Å². The molecule has 0 saturated carbocycles. The molecule has 126 valence electrons. The first kappa shape index (κ1) is 16.0. The Kier molecular flexibility index (Phi) is 4.41. The quantitative estimate of drug-likeness (QED) is 0.857. The molecule has 2 saturated heterocycles. The summed E-state index contributed by atoms with van der Waals surface area (Å²) in [7, 11) is 0. The molecule has 0 spiro atoms. The summed E-state index contributed by atoms with van der Waals surface area (Å²) < 4.78 is 1.84. The summed E-state index contributed by atoms with van der Waals surface area (Å²) >= 11 is 0. The molecule has 0 N–H and O–H groups in total. The van der Waals surface area contributed by atoms with Crippen LogP contribution in [0.5, 0.6) is 0 Å². The fraction of sp³-hybridized carbons (Fsp3) is 0.706. The number of amides is 2. The predicted octanol–water partition coefficient (Wildman–Crippen LogP) is 2.08. The van der Waals surface area contributed by atoms with Crippen LogP contribution < -0.4 is 4.90 Å². The SMILES string of the molecule is CC1CCN(C(=O)[C@H]2CC(=O)N(c3cnn(C(C)C)c3)C2)CC1. The first-order valence-electron chi connectivity index (χ1n) is 8.59. The summed E-state index contributed by atoms with van der Waals surface area (Å²) in [6, 6.07) is 0.259. The van der Waals surface area contributed by atoms with E-state index < -0.39 is 0 Å². The summed E-state index contributed by atoms with van der Waals surface area (Å²) in [4.78, 5) is 28.6. The van der Waals surface area contributed by atoms with Gasteiger partial charge in [0.15, 0.2) is 0 Å². The van der Waals surface area contributed by atoms with Crippen molar-refractivity contribution < 1.29 is 9.59 Å². The van der Waals surface area contributed by atoms with Gasteiger partial charge in [-0.15, -0.1) is 0 Å². The van der Waals surface area contributed by atoms with Crippen LogP contribution in [0.4, 0.5) is 5.69 Å². The lowest BCUT2D eigenvalue weighted by molar-refractivity contribution is -0.137. The van der Waals surface area contributed by atoms with Gasteiger partial charge in [-0.1, -0.05) is 6.92 Å². The van der Waals surface area contributed by atoms with Crippen molar-refractivity contribution in [2.24, 2.45) is 11.8 Å². The normalized spacial score (nSPS) is 23.1. The summed E-state index contributed by atoms with van der Waals surface area (Å²) in [5.74, 6) is 0.655. The van der Waals surface area contributed by atoms with Crippen LogP contribution in [0.1, 0.15) is 46.1 Å². The third-order valence-corrected chi connectivity index (χ3v) is 5.00. The maximum atomic E-state index is 12.7. The molecule has 0 aliphatic carbocycles. The van der Waals surface area contributed by atoms with E-state index in [2.05, 4.69) is 12.0 Å². The molecular formula is C17H26N4O2. The minimum Gasteiger partial charge on any atom is -0.342 e. The number of aromatic nitrogens is 2. The second-order valence-corrected chi connectivity index (χ2v) is 7.19. The Morgan fingerprint density at radius 1 is 1.30 bits per heavy atom. The van der Waals surface area contributed by atoms with Gasteiger partial charge in [-0.25, -0.2) is 0 Å². The highest BCUT2D eigenvalue weighted by molar-refractivity contribution is 6.00. The summed E-state index contributed by atoms with van der Waals surface area (Å²) in [6.45, 7) is 8.47. The summed E-state index contributed by atoms with van der Waals surface area (Å²) in [5.41, 5.74) is 0.797. The minimum atomic E-state index is -0.210. The van der Waals surface area contributed by atoms with Crippen LogP contribution in [0.25, 0.3) is 0 Å². The van der Waals surface area contributed by atoms with E-state index in [4.69, 9.17) is 0 Å². The zero-order chi connectivity index (χ0) is 16.6. The van der Waals surface area contributed by atoms with Crippen LogP contribution in [0.15, 0.2) is 12.4 Å². The van der Waals surface area contributed by atoms with E-state index in [1.54, 1.807) is 11.1 Å². The van der Waals surface area contributed by atoms with Crippen LogP contribution in [-0.4, -0.2) is 46.1 Å². The van der Waals surface area contributed by atoms with Crippen molar-refractivity contribution in [3.8, 4) is 0 Å². The zero-order valence-corrected chi connectivity index (χ0v) is 14.2. The van der Waals surface area contributed by atoms with Gasteiger partial charge in [0.2, 0.25) is 11.8 Å². The third-order valence-electron chi connectivity index (χ3n) is 5.00. The third kappa shape index (κ3) is 3.26. The largest absolute Gasteiger partial charge is 0.342 e. The van der Waals surface area contributed by atoms with E-state index >= 15 is 0 Å². The first-order chi connectivity index (χ1) is 11.0. The molecule has 6 heteroatoms. The Labute approximate surface area is 137 Å². The number of carbonyl (C=O) groups is 2. The maximum Gasteiger partial charge on any atom is 0.228 e. The van der Waals surface area contributed by atoms with Crippen molar-refractivity contribution >= 4 is 17.5 Å². The van der Waals surface area contributed by atoms with Crippen LogP contribution in [0, 0.1) is 11.8 Å². The Morgan fingerprint density at radius 3 is 2.61 bits per heavy atom. The smallest absolute Gasteiger partial charge is 0.228 e. The highest BCUT2D eigenvalue weighted by atomic mass is 16.2. The van der Waals surface area contributed by atoms with Gasteiger partial charge in [0, 0.05) is 38.3 Å². The van der Waals surface area contributed by atoms with Gasteiger partial charge >= 0.3 is 0 Å². The summed E-state index contributed by atoms with van der Waals surface area (Å²) in [6.07, 6.45) is 6.05. The molecule has 2 aliphatic rings. The molecule has 23 heavy (non-hydrogen) atoms. The minimum absolute atomic E-state index is 0.0250. The molecule has 1 aromatic rings. The molecule has 0 unspecified atom stereocenters. The van der Waals surface area contributed by atoms with E-state index in [-0.39, 0.29) is 23.8 Å². The average molecular weight is 318 g/mol. The fourth-order valence-electron chi connectivity index (χ4n) is 3.36. The average Bonchev–Trinajstić information content (AvgIpc) is 3.14. The van der Waals surface area contributed by atoms with E-state index in [1.807, 2.05) is 29.6 Å². The second kappa shape index (κ2) is 6.34. The number of anilines is 1. The predicted molar refractivity (Wildman–Crippen MR) is 88.1 cm³/mol. The van der Waals surface area contributed by atoms with Crippen molar-refractivity contribution in [1.29, 1.82) is 0 Å².